The van der Waals surface area contributed by atoms with Gasteiger partial charge >= 0.3 is 5.13 Å². The highest BCUT2D eigenvalue weighted by Gasteiger charge is 2.05. The average molecular weight is 219 g/mol. The first-order valence-electron chi connectivity index (χ1n) is 5.15. The molecule has 0 aliphatic rings. The van der Waals surface area contributed by atoms with Crippen LogP contribution in [0.15, 0.2) is 29.6 Å². The van der Waals surface area contributed by atoms with Gasteiger partial charge in [0.15, 0.2) is 0 Å². The highest BCUT2D eigenvalue weighted by Crippen LogP contribution is 2.19. The van der Waals surface area contributed by atoms with E-state index in [9.17, 15) is 0 Å². The molecule has 1 aromatic heterocycles. The lowest BCUT2D eigenvalue weighted by molar-refractivity contribution is -0.340. The summed E-state index contributed by atoms with van der Waals surface area (Å²) in [6.45, 7) is 2.20. The second kappa shape index (κ2) is 4.45. The number of aryl methyl sites for hydroxylation is 1. The third kappa shape index (κ3) is 2.36. The Balaban J connectivity index is 2.23. The molecule has 0 bridgehead atoms. The smallest absolute Gasteiger partial charge is 0.278 e. The minimum atomic E-state index is 0.752. The Labute approximate surface area is 93.8 Å². The molecule has 0 spiro atoms. The van der Waals surface area contributed by atoms with Gasteiger partial charge in [0.05, 0.1) is 0 Å². The summed E-state index contributed by atoms with van der Waals surface area (Å²) >= 11 is 1.54. The fraction of sp³-hybridized carbons (Fsp3) is 0.250. The quantitative estimate of drug-likeness (QED) is 0.847. The minimum absolute atomic E-state index is 0.752. The monoisotopic (exact) mass is 219 g/mol. The number of hydrogen-bond donors (Lipinski definition) is 1. The molecule has 0 saturated carbocycles. The summed E-state index contributed by atoms with van der Waals surface area (Å²) in [6.07, 6.45) is 2.34. The predicted molar refractivity (Wildman–Crippen MR) is 64.7 cm³/mol. The van der Waals surface area contributed by atoms with Gasteiger partial charge in [-0.1, -0.05) is 48.9 Å². The van der Waals surface area contributed by atoms with Crippen LogP contribution in [0.3, 0.4) is 0 Å². The van der Waals surface area contributed by atoms with Gasteiger partial charge in [0.2, 0.25) is 0 Å². The van der Waals surface area contributed by atoms with E-state index in [4.69, 9.17) is 5.73 Å². The van der Waals surface area contributed by atoms with Gasteiger partial charge < -0.3 is 0 Å². The van der Waals surface area contributed by atoms with Crippen LogP contribution < -0.4 is 10.7 Å². The second-order valence-corrected chi connectivity index (χ2v) is 4.50. The van der Waals surface area contributed by atoms with Gasteiger partial charge in [-0.2, -0.15) is 0 Å². The van der Waals surface area contributed by atoms with E-state index in [0.717, 1.165) is 17.2 Å². The van der Waals surface area contributed by atoms with E-state index >= 15 is 0 Å². The van der Waals surface area contributed by atoms with E-state index in [1.54, 1.807) is 0 Å². The first-order chi connectivity index (χ1) is 7.29. The zero-order chi connectivity index (χ0) is 10.7. The van der Waals surface area contributed by atoms with Crippen LogP contribution in [0.5, 0.6) is 0 Å². The summed E-state index contributed by atoms with van der Waals surface area (Å²) in [5.74, 6) is 0. The van der Waals surface area contributed by atoms with Crippen molar-refractivity contribution in [1.82, 2.24) is 0 Å². The topological polar surface area (TPSA) is 40.2 Å². The number of hydrogen-bond acceptors (Lipinski definition) is 2. The molecule has 0 radical (unpaired) electrons. The lowest BCUT2D eigenvalue weighted by Gasteiger charge is -1.99. The van der Waals surface area contributed by atoms with Crippen molar-refractivity contribution in [1.29, 1.82) is 0 Å². The van der Waals surface area contributed by atoms with Gasteiger partial charge in [-0.05, 0) is 12.0 Å². The summed E-state index contributed by atoms with van der Waals surface area (Å²) in [7, 11) is 0. The number of nitrogens with one attached hydrogen (secondary N) is 1. The van der Waals surface area contributed by atoms with Gasteiger partial charge in [0.25, 0.3) is 0 Å². The van der Waals surface area contributed by atoms with E-state index in [1.807, 2.05) is 5.38 Å². The molecular weight excluding hydrogens is 204 g/mol. The van der Waals surface area contributed by atoms with Crippen molar-refractivity contribution < 1.29 is 4.98 Å². The van der Waals surface area contributed by atoms with E-state index in [-0.39, 0.29) is 0 Å². The maximum absolute atomic E-state index is 5.66. The van der Waals surface area contributed by atoms with Crippen LogP contribution in [0.2, 0.25) is 0 Å². The van der Waals surface area contributed by atoms with E-state index in [2.05, 4.69) is 36.2 Å². The molecule has 0 aliphatic heterocycles. The highest BCUT2D eigenvalue weighted by molar-refractivity contribution is 7.13. The number of rotatable bonds is 3. The minimum Gasteiger partial charge on any atom is -0.278 e. The fourth-order valence-electron chi connectivity index (χ4n) is 1.59. The normalized spacial score (nSPS) is 10.5. The lowest BCUT2D eigenvalue weighted by atomic mass is 10.1. The first-order valence-corrected chi connectivity index (χ1v) is 6.03. The second-order valence-electron chi connectivity index (χ2n) is 3.59. The summed E-state index contributed by atoms with van der Waals surface area (Å²) in [4.78, 5) is 3.14. The van der Waals surface area contributed by atoms with E-state index in [1.165, 1.54) is 28.9 Å². The molecule has 3 N–H and O–H groups in total. The molecule has 2 nitrogen and oxygen atoms in total. The number of nitrogen functional groups attached to an aromatic ring is 1. The molecule has 1 aromatic carbocycles. The Hall–Kier alpha value is -1.35. The molecule has 0 atom stereocenters. The van der Waals surface area contributed by atoms with Crippen LogP contribution in [-0.2, 0) is 6.42 Å². The number of nitrogens with two attached hydrogens (primary N) is 1. The van der Waals surface area contributed by atoms with Crippen LogP contribution in [0, 0.1) is 0 Å². The summed E-state index contributed by atoms with van der Waals surface area (Å²) in [5.41, 5.74) is 9.34. The van der Waals surface area contributed by atoms with Crippen LogP contribution in [0.25, 0.3) is 11.3 Å². The molecule has 78 valence electrons. The van der Waals surface area contributed by atoms with Crippen molar-refractivity contribution in [2.75, 3.05) is 5.73 Å². The molecule has 2 rings (SSSR count). The van der Waals surface area contributed by atoms with Crippen molar-refractivity contribution >= 4 is 16.5 Å². The van der Waals surface area contributed by atoms with Gasteiger partial charge in [-0.25, -0.2) is 4.98 Å². The van der Waals surface area contributed by atoms with Crippen molar-refractivity contribution in [2.45, 2.75) is 19.8 Å². The highest BCUT2D eigenvalue weighted by atomic mass is 32.1. The van der Waals surface area contributed by atoms with E-state index < -0.39 is 0 Å². The van der Waals surface area contributed by atoms with Gasteiger partial charge in [-0.15, -0.1) is 0 Å². The number of thiazole rings is 1. The lowest BCUT2D eigenvalue weighted by Crippen LogP contribution is -2.06. The standard InChI is InChI=1S/C12H14N2S/c1-2-3-9-4-6-10(7-5-9)11-8-15-12(13)14-11/h4-8H,2-3H2,1H3,(H2,13,14)/p+1. The number of aromatic amines is 1. The summed E-state index contributed by atoms with van der Waals surface area (Å²) in [5, 5.41) is 2.80. The molecule has 0 fully saturated rings. The van der Waals surface area contributed by atoms with Crippen molar-refractivity contribution in [3.63, 3.8) is 0 Å². The maximum atomic E-state index is 5.66. The molecule has 0 unspecified atom stereocenters. The van der Waals surface area contributed by atoms with Gasteiger partial charge in [0.1, 0.15) is 5.69 Å². The van der Waals surface area contributed by atoms with E-state index in [0.29, 0.717) is 0 Å². The summed E-state index contributed by atoms with van der Waals surface area (Å²) in [6, 6.07) is 8.65. The maximum Gasteiger partial charge on any atom is 0.329 e. The number of anilines is 1. The Morgan fingerprint density at radius 3 is 2.53 bits per heavy atom. The molecule has 0 amide bonds. The third-order valence-electron chi connectivity index (χ3n) is 2.37. The average Bonchev–Trinajstić information content (AvgIpc) is 2.67. The molecule has 0 saturated heterocycles. The zero-order valence-corrected chi connectivity index (χ0v) is 9.60. The van der Waals surface area contributed by atoms with Crippen LogP contribution in [0.4, 0.5) is 5.13 Å². The predicted octanol–water partition coefficient (Wildman–Crippen LogP) is 2.76. The number of aromatic nitrogens is 1. The Kier molecular flexibility index (Phi) is 3.02. The van der Waals surface area contributed by atoms with Crippen molar-refractivity contribution in [3.8, 4) is 11.3 Å². The number of benzene rings is 1. The summed E-state index contributed by atoms with van der Waals surface area (Å²) < 4.78 is 0. The Bertz CT molecular complexity index is 431. The van der Waals surface area contributed by atoms with Crippen molar-refractivity contribution in [2.24, 2.45) is 0 Å². The largest absolute Gasteiger partial charge is 0.329 e. The molecule has 0 aliphatic carbocycles. The van der Waals surface area contributed by atoms with Crippen molar-refractivity contribution in [3.05, 3.63) is 35.2 Å². The van der Waals surface area contributed by atoms with Crippen LogP contribution >= 0.6 is 11.3 Å². The fourth-order valence-corrected chi connectivity index (χ4v) is 2.20. The van der Waals surface area contributed by atoms with Gasteiger partial charge in [-0.3, -0.25) is 5.73 Å². The molecule has 1 heterocycles. The Morgan fingerprint density at radius 1 is 1.27 bits per heavy atom. The third-order valence-corrected chi connectivity index (χ3v) is 3.07. The zero-order valence-electron chi connectivity index (χ0n) is 8.79. The molecule has 15 heavy (non-hydrogen) atoms. The molecule has 3 heteroatoms. The number of H-pyrrole nitrogens is 1. The van der Waals surface area contributed by atoms with Crippen LogP contribution in [0.1, 0.15) is 18.9 Å². The molecule has 2 aromatic rings. The Morgan fingerprint density at radius 2 is 2.00 bits per heavy atom. The van der Waals surface area contributed by atoms with Crippen LogP contribution in [-0.4, -0.2) is 0 Å². The molecular formula is C12H15N2S+. The first kappa shape index (κ1) is 10.2. The SMILES string of the molecule is CCCc1ccc(-c2csc(N)[nH+]2)cc1. The van der Waals surface area contributed by atoms with Gasteiger partial charge in [0, 0.05) is 10.9 Å².